The molecule has 1 saturated carbocycles. The molecule has 5 heteroatoms. The number of imide groups is 1. The Morgan fingerprint density at radius 1 is 1.17 bits per heavy atom. The first-order chi connectivity index (χ1) is 10.9. The van der Waals surface area contributed by atoms with Gasteiger partial charge in [-0.1, -0.05) is 26.0 Å². The quantitative estimate of drug-likeness (QED) is 0.572. The summed E-state index contributed by atoms with van der Waals surface area (Å²) in [5.41, 5.74) is 0. The molecule has 0 unspecified atom stereocenters. The highest BCUT2D eigenvalue weighted by molar-refractivity contribution is 6.08. The van der Waals surface area contributed by atoms with Crippen molar-refractivity contribution in [1.82, 2.24) is 9.80 Å². The molecule has 2 fully saturated rings. The van der Waals surface area contributed by atoms with E-state index in [4.69, 9.17) is 0 Å². The molecule has 3 aliphatic rings. The van der Waals surface area contributed by atoms with Gasteiger partial charge < -0.3 is 4.90 Å². The second kappa shape index (κ2) is 5.77. The van der Waals surface area contributed by atoms with Gasteiger partial charge in [-0.15, -0.1) is 0 Å². The Kier molecular flexibility index (Phi) is 4.07. The largest absolute Gasteiger partial charge is 0.338 e. The van der Waals surface area contributed by atoms with E-state index in [1.165, 1.54) is 4.90 Å². The molecule has 1 aliphatic heterocycles. The van der Waals surface area contributed by atoms with Crippen LogP contribution in [-0.4, -0.2) is 46.7 Å². The molecule has 0 spiro atoms. The molecule has 0 N–H and O–H groups in total. The van der Waals surface area contributed by atoms with Crippen molar-refractivity contribution >= 4 is 17.7 Å². The lowest BCUT2D eigenvalue weighted by molar-refractivity contribution is -0.148. The van der Waals surface area contributed by atoms with Gasteiger partial charge in [0.15, 0.2) is 0 Å². The summed E-state index contributed by atoms with van der Waals surface area (Å²) in [6, 6.07) is 0.0951. The van der Waals surface area contributed by atoms with Crippen LogP contribution in [0.15, 0.2) is 12.2 Å². The zero-order valence-corrected chi connectivity index (χ0v) is 14.4. The van der Waals surface area contributed by atoms with Crippen LogP contribution in [0.3, 0.4) is 0 Å². The summed E-state index contributed by atoms with van der Waals surface area (Å²) in [6.07, 6.45) is 5.06. The molecule has 3 rings (SSSR count). The van der Waals surface area contributed by atoms with Crippen LogP contribution in [0.4, 0.5) is 0 Å². The van der Waals surface area contributed by atoms with Crippen molar-refractivity contribution in [3.05, 3.63) is 12.2 Å². The van der Waals surface area contributed by atoms with Crippen LogP contribution in [-0.2, 0) is 14.4 Å². The Bertz CT molecular complexity index is 539. The van der Waals surface area contributed by atoms with Crippen LogP contribution in [0.25, 0.3) is 0 Å². The Morgan fingerprint density at radius 3 is 2.13 bits per heavy atom. The van der Waals surface area contributed by atoms with E-state index < -0.39 is 0 Å². The van der Waals surface area contributed by atoms with Gasteiger partial charge in [0.25, 0.3) is 0 Å². The molecule has 0 aromatic heterocycles. The molecule has 3 amide bonds. The summed E-state index contributed by atoms with van der Waals surface area (Å²) in [5.74, 6) is -0.126. The lowest BCUT2D eigenvalue weighted by Crippen LogP contribution is -2.48. The fourth-order valence-electron chi connectivity index (χ4n) is 4.40. The van der Waals surface area contributed by atoms with Crippen LogP contribution in [0, 0.1) is 29.6 Å². The first kappa shape index (κ1) is 16.2. The number of fused-ring (bicyclic) bond motifs is 5. The van der Waals surface area contributed by atoms with Gasteiger partial charge in [0, 0.05) is 12.6 Å². The fraction of sp³-hybridized carbons (Fsp3) is 0.722. The van der Waals surface area contributed by atoms with E-state index in [1.54, 1.807) is 4.90 Å². The van der Waals surface area contributed by atoms with E-state index in [9.17, 15) is 14.4 Å². The first-order valence-electron chi connectivity index (χ1n) is 8.69. The zero-order chi connectivity index (χ0) is 16.9. The van der Waals surface area contributed by atoms with E-state index in [0.29, 0.717) is 12.5 Å². The molecule has 23 heavy (non-hydrogen) atoms. The monoisotopic (exact) mass is 318 g/mol. The number of rotatable bonds is 5. The average Bonchev–Trinajstić information content (AvgIpc) is 3.17. The maximum absolute atomic E-state index is 12.6. The lowest BCUT2D eigenvalue weighted by atomic mass is 9.85. The minimum Gasteiger partial charge on any atom is -0.338 e. The van der Waals surface area contributed by atoms with Gasteiger partial charge >= 0.3 is 0 Å². The van der Waals surface area contributed by atoms with Crippen molar-refractivity contribution in [1.29, 1.82) is 0 Å². The number of carbonyl (C=O) groups is 3. The standard InChI is InChI=1S/C18H26N2O3/c1-5-19(11(4)10(2)3)14(21)9-20-17(22)15-12-6-7-13(8-12)16(15)18(20)23/h6-7,10-13,15-16H,5,8-9H2,1-4H3/t11-,12+,13+,15-,16-/m1/s1. The van der Waals surface area contributed by atoms with Crippen LogP contribution < -0.4 is 0 Å². The molecule has 1 heterocycles. The molecule has 0 aromatic carbocycles. The Balaban J connectivity index is 1.72. The summed E-state index contributed by atoms with van der Waals surface area (Å²) in [4.78, 5) is 40.9. The Labute approximate surface area is 137 Å². The van der Waals surface area contributed by atoms with E-state index in [-0.39, 0.29) is 54.0 Å². The van der Waals surface area contributed by atoms with Gasteiger partial charge in [0.05, 0.1) is 11.8 Å². The zero-order valence-electron chi connectivity index (χ0n) is 14.4. The van der Waals surface area contributed by atoms with Crippen molar-refractivity contribution in [3.63, 3.8) is 0 Å². The van der Waals surface area contributed by atoms with Crippen LogP contribution in [0.5, 0.6) is 0 Å². The summed E-state index contributed by atoms with van der Waals surface area (Å²) in [6.45, 7) is 8.58. The van der Waals surface area contributed by atoms with E-state index in [2.05, 4.69) is 26.0 Å². The third kappa shape index (κ3) is 2.41. The summed E-state index contributed by atoms with van der Waals surface area (Å²) in [5, 5.41) is 0. The fourth-order valence-corrected chi connectivity index (χ4v) is 4.40. The van der Waals surface area contributed by atoms with Gasteiger partial charge in [-0.25, -0.2) is 0 Å². The van der Waals surface area contributed by atoms with Crippen molar-refractivity contribution in [2.75, 3.05) is 13.1 Å². The maximum atomic E-state index is 12.6. The highest BCUT2D eigenvalue weighted by Gasteiger charge is 2.59. The van der Waals surface area contributed by atoms with Crippen molar-refractivity contribution in [2.45, 2.75) is 40.2 Å². The van der Waals surface area contributed by atoms with Gasteiger partial charge in [0.1, 0.15) is 6.54 Å². The van der Waals surface area contributed by atoms with Crippen LogP contribution in [0.1, 0.15) is 34.1 Å². The summed E-state index contributed by atoms with van der Waals surface area (Å²) in [7, 11) is 0. The molecular weight excluding hydrogens is 292 g/mol. The number of nitrogens with zero attached hydrogens (tertiary/aromatic N) is 2. The van der Waals surface area contributed by atoms with E-state index in [1.807, 2.05) is 13.8 Å². The van der Waals surface area contributed by atoms with Crippen LogP contribution >= 0.6 is 0 Å². The third-order valence-electron chi connectivity index (χ3n) is 5.97. The highest BCUT2D eigenvalue weighted by Crippen LogP contribution is 2.52. The molecule has 1 saturated heterocycles. The molecule has 0 aromatic rings. The molecule has 5 atom stereocenters. The molecule has 0 radical (unpaired) electrons. The Morgan fingerprint density at radius 2 is 1.70 bits per heavy atom. The highest BCUT2D eigenvalue weighted by atomic mass is 16.2. The first-order valence-corrected chi connectivity index (χ1v) is 8.69. The number of likely N-dealkylation sites (N-methyl/N-ethyl adjacent to an activating group) is 1. The van der Waals surface area contributed by atoms with Crippen molar-refractivity contribution in [2.24, 2.45) is 29.6 Å². The van der Waals surface area contributed by atoms with Crippen LogP contribution in [0.2, 0.25) is 0 Å². The molecule has 2 aliphatic carbocycles. The van der Waals surface area contributed by atoms with Gasteiger partial charge in [0.2, 0.25) is 17.7 Å². The smallest absolute Gasteiger partial charge is 0.242 e. The van der Waals surface area contributed by atoms with Crippen molar-refractivity contribution < 1.29 is 14.4 Å². The SMILES string of the molecule is CCN(C(=O)CN1C(=O)[C@H]2[C@H](C1=O)[C@H]1C=C[C@H]2C1)[C@H](C)C(C)C. The molecule has 126 valence electrons. The molecule has 2 bridgehead atoms. The number of likely N-dealkylation sites (tertiary alicyclic amines) is 1. The van der Waals surface area contributed by atoms with Gasteiger partial charge in [-0.05, 0) is 38.0 Å². The second-order valence-electron chi connectivity index (χ2n) is 7.43. The maximum Gasteiger partial charge on any atom is 0.242 e. The Hall–Kier alpha value is -1.65. The molecular formula is C18H26N2O3. The van der Waals surface area contributed by atoms with E-state index >= 15 is 0 Å². The topological polar surface area (TPSA) is 57.7 Å². The predicted molar refractivity (Wildman–Crippen MR) is 86.1 cm³/mol. The number of hydrogen-bond donors (Lipinski definition) is 0. The van der Waals surface area contributed by atoms with Gasteiger partial charge in [-0.3, -0.25) is 19.3 Å². The summed E-state index contributed by atoms with van der Waals surface area (Å²) >= 11 is 0. The number of amides is 3. The number of hydrogen-bond acceptors (Lipinski definition) is 3. The number of carbonyl (C=O) groups excluding carboxylic acids is 3. The third-order valence-corrected chi connectivity index (χ3v) is 5.97. The van der Waals surface area contributed by atoms with Crippen molar-refractivity contribution in [3.8, 4) is 0 Å². The van der Waals surface area contributed by atoms with Gasteiger partial charge in [-0.2, -0.15) is 0 Å². The second-order valence-corrected chi connectivity index (χ2v) is 7.43. The number of allylic oxidation sites excluding steroid dienone is 2. The lowest BCUT2D eigenvalue weighted by Gasteiger charge is -2.32. The summed E-state index contributed by atoms with van der Waals surface area (Å²) < 4.78 is 0. The minimum atomic E-state index is -0.220. The minimum absolute atomic E-state index is 0.0951. The molecule has 5 nitrogen and oxygen atoms in total. The van der Waals surface area contributed by atoms with E-state index in [0.717, 1.165) is 6.42 Å². The normalized spacial score (nSPS) is 32.8. The average molecular weight is 318 g/mol. The predicted octanol–water partition coefficient (Wildman–Crippen LogP) is 1.69.